The van der Waals surface area contributed by atoms with Crippen LogP contribution < -0.4 is 0 Å². The molecule has 5 nitrogen and oxygen atoms in total. The number of nitrogens with zero attached hydrogens (tertiary/aromatic N) is 2. The summed E-state index contributed by atoms with van der Waals surface area (Å²) >= 11 is 3.11. The Bertz CT molecular complexity index is 1320. The number of hydrogen-bond donors (Lipinski definition) is 1. The SMILES string of the molecule is CC1Sc2ccccc2C1C1=C(c2c(CO)sc3ccccc23)C(=O)N(CC#N)C1=O. The number of thiophene rings is 1. The minimum absolute atomic E-state index is 0.0589. The van der Waals surface area contributed by atoms with Crippen LogP contribution in [0.3, 0.4) is 0 Å². The van der Waals surface area contributed by atoms with Crippen molar-refractivity contribution in [1.29, 1.82) is 5.26 Å². The third kappa shape index (κ3) is 2.94. The first-order valence-electron chi connectivity index (χ1n) is 9.91. The molecule has 0 saturated heterocycles. The van der Waals surface area contributed by atoms with E-state index >= 15 is 0 Å². The number of carbonyl (C=O) groups is 2. The molecule has 5 rings (SSSR count). The summed E-state index contributed by atoms with van der Waals surface area (Å²) in [5.74, 6) is -1.13. The number of amides is 2. The molecule has 0 radical (unpaired) electrons. The molecule has 3 heterocycles. The summed E-state index contributed by atoms with van der Waals surface area (Å²) in [7, 11) is 0. The highest BCUT2D eigenvalue weighted by molar-refractivity contribution is 8.00. The lowest BCUT2D eigenvalue weighted by Crippen LogP contribution is -2.33. The average molecular weight is 447 g/mol. The molecular weight excluding hydrogens is 428 g/mol. The van der Waals surface area contributed by atoms with Gasteiger partial charge in [-0.15, -0.1) is 23.1 Å². The second-order valence-corrected chi connectivity index (χ2v) is 10.1. The number of hydrogen-bond acceptors (Lipinski definition) is 6. The number of fused-ring (bicyclic) bond motifs is 2. The Morgan fingerprint density at radius 1 is 1.10 bits per heavy atom. The topological polar surface area (TPSA) is 81.4 Å². The summed E-state index contributed by atoms with van der Waals surface area (Å²) in [5, 5.41) is 20.2. The van der Waals surface area contributed by atoms with E-state index in [1.165, 1.54) is 11.3 Å². The quantitative estimate of drug-likeness (QED) is 0.477. The fourth-order valence-corrected chi connectivity index (χ4v) is 6.96. The number of aliphatic hydroxyl groups excluding tert-OH is 1. The molecule has 0 bridgehead atoms. The zero-order chi connectivity index (χ0) is 21.7. The second kappa shape index (κ2) is 7.65. The van der Waals surface area contributed by atoms with Crippen molar-refractivity contribution in [3.8, 4) is 6.07 Å². The van der Waals surface area contributed by atoms with Crippen LogP contribution in [0.5, 0.6) is 0 Å². The van der Waals surface area contributed by atoms with Crippen molar-refractivity contribution in [1.82, 2.24) is 4.90 Å². The summed E-state index contributed by atoms with van der Waals surface area (Å²) in [5.41, 5.74) is 2.41. The van der Waals surface area contributed by atoms with Crippen molar-refractivity contribution in [2.24, 2.45) is 0 Å². The van der Waals surface area contributed by atoms with Crippen LogP contribution >= 0.6 is 23.1 Å². The van der Waals surface area contributed by atoms with Gasteiger partial charge in [0.25, 0.3) is 11.8 Å². The van der Waals surface area contributed by atoms with E-state index in [2.05, 4.69) is 6.92 Å². The Hall–Kier alpha value is -2.92. The van der Waals surface area contributed by atoms with E-state index in [-0.39, 0.29) is 24.3 Å². The van der Waals surface area contributed by atoms with Crippen LogP contribution in [-0.2, 0) is 16.2 Å². The van der Waals surface area contributed by atoms with Gasteiger partial charge in [-0.1, -0.05) is 43.3 Å². The smallest absolute Gasteiger partial charge is 0.262 e. The summed E-state index contributed by atoms with van der Waals surface area (Å²) in [6, 6.07) is 17.6. The van der Waals surface area contributed by atoms with Crippen LogP contribution in [0, 0.1) is 11.3 Å². The number of aliphatic hydroxyl groups is 1. The van der Waals surface area contributed by atoms with Gasteiger partial charge in [-0.05, 0) is 17.7 Å². The molecule has 154 valence electrons. The van der Waals surface area contributed by atoms with Gasteiger partial charge < -0.3 is 5.11 Å². The molecule has 2 aliphatic heterocycles. The van der Waals surface area contributed by atoms with E-state index in [1.807, 2.05) is 54.6 Å². The first-order chi connectivity index (χ1) is 15.1. The predicted molar refractivity (Wildman–Crippen MR) is 122 cm³/mol. The summed E-state index contributed by atoms with van der Waals surface area (Å²) in [6.07, 6.45) is 0. The van der Waals surface area contributed by atoms with Crippen LogP contribution in [0.25, 0.3) is 15.7 Å². The maximum absolute atomic E-state index is 13.5. The zero-order valence-electron chi connectivity index (χ0n) is 16.7. The number of carbonyl (C=O) groups excluding carboxylic acids is 2. The molecule has 2 unspecified atom stereocenters. The fourth-order valence-electron chi connectivity index (χ4n) is 4.58. The molecule has 0 fully saturated rings. The predicted octanol–water partition coefficient (Wildman–Crippen LogP) is 4.32. The van der Waals surface area contributed by atoms with E-state index in [9.17, 15) is 20.0 Å². The molecule has 1 aromatic heterocycles. The average Bonchev–Trinajstić information content (AvgIpc) is 3.38. The van der Waals surface area contributed by atoms with Crippen LogP contribution in [0.1, 0.15) is 28.8 Å². The number of imide groups is 1. The Kier molecular flexibility index (Phi) is 4.94. The number of benzene rings is 2. The van der Waals surface area contributed by atoms with Gasteiger partial charge in [0.1, 0.15) is 6.54 Å². The lowest BCUT2D eigenvalue weighted by atomic mass is 9.84. The van der Waals surface area contributed by atoms with E-state index in [0.29, 0.717) is 21.6 Å². The molecule has 0 aliphatic carbocycles. The lowest BCUT2D eigenvalue weighted by molar-refractivity contribution is -0.136. The van der Waals surface area contributed by atoms with Gasteiger partial charge in [0, 0.05) is 42.2 Å². The van der Waals surface area contributed by atoms with Gasteiger partial charge in [0.2, 0.25) is 0 Å². The van der Waals surface area contributed by atoms with Crippen molar-refractivity contribution >= 4 is 50.6 Å². The molecule has 7 heteroatoms. The summed E-state index contributed by atoms with van der Waals surface area (Å²) in [6.45, 7) is 1.54. The van der Waals surface area contributed by atoms with Crippen molar-refractivity contribution in [3.63, 3.8) is 0 Å². The van der Waals surface area contributed by atoms with Gasteiger partial charge in [0.05, 0.1) is 18.2 Å². The molecule has 31 heavy (non-hydrogen) atoms. The molecule has 2 aliphatic rings. The Balaban J connectivity index is 1.82. The summed E-state index contributed by atoms with van der Waals surface area (Å²) < 4.78 is 0.946. The minimum atomic E-state index is -0.457. The first kappa shape index (κ1) is 20.0. The van der Waals surface area contributed by atoms with Crippen molar-refractivity contribution < 1.29 is 14.7 Å². The second-order valence-electron chi connectivity index (χ2n) is 7.54. The van der Waals surface area contributed by atoms with E-state index < -0.39 is 11.8 Å². The lowest BCUT2D eigenvalue weighted by Gasteiger charge is -2.18. The van der Waals surface area contributed by atoms with Crippen molar-refractivity contribution in [3.05, 3.63) is 70.1 Å². The van der Waals surface area contributed by atoms with Crippen LogP contribution in [0.4, 0.5) is 0 Å². The van der Waals surface area contributed by atoms with Crippen molar-refractivity contribution in [2.75, 3.05) is 6.54 Å². The maximum Gasteiger partial charge on any atom is 0.262 e. The standard InChI is InChI=1S/C24H18N2O3S2/c1-13-19(14-6-2-4-8-16(14)30-13)21-22(24(29)26(11-10-25)23(21)28)20-15-7-3-5-9-17(15)31-18(20)12-27/h2-9,13,19,27H,11-12H2,1H3. The molecule has 1 N–H and O–H groups in total. The molecule has 2 amide bonds. The minimum Gasteiger partial charge on any atom is -0.391 e. The highest BCUT2D eigenvalue weighted by Gasteiger charge is 2.47. The number of rotatable bonds is 4. The largest absolute Gasteiger partial charge is 0.391 e. The highest BCUT2D eigenvalue weighted by Crippen LogP contribution is 2.53. The van der Waals surface area contributed by atoms with Gasteiger partial charge in [-0.3, -0.25) is 14.5 Å². The first-order valence-corrected chi connectivity index (χ1v) is 11.6. The highest BCUT2D eigenvalue weighted by atomic mass is 32.2. The molecule has 2 aromatic carbocycles. The number of thioether (sulfide) groups is 1. The van der Waals surface area contributed by atoms with E-state index in [4.69, 9.17) is 0 Å². The Morgan fingerprint density at radius 3 is 2.61 bits per heavy atom. The molecule has 0 saturated carbocycles. The Labute approximate surface area is 187 Å². The fraction of sp³-hybridized carbons (Fsp3) is 0.208. The van der Waals surface area contributed by atoms with Gasteiger partial charge in [-0.2, -0.15) is 5.26 Å². The van der Waals surface area contributed by atoms with Crippen LogP contribution in [-0.4, -0.2) is 33.6 Å². The zero-order valence-corrected chi connectivity index (χ0v) is 18.3. The number of nitriles is 1. The normalized spacial score (nSPS) is 20.6. The van der Waals surface area contributed by atoms with Crippen molar-refractivity contribution in [2.45, 2.75) is 29.6 Å². The molecule has 3 aromatic rings. The monoisotopic (exact) mass is 446 g/mol. The third-order valence-corrected chi connectivity index (χ3v) is 8.27. The van der Waals surface area contributed by atoms with Crippen LogP contribution in [0.15, 0.2) is 59.0 Å². The van der Waals surface area contributed by atoms with Gasteiger partial charge in [-0.25, -0.2) is 0 Å². The third-order valence-electron chi connectivity index (χ3n) is 5.84. The van der Waals surface area contributed by atoms with E-state index in [0.717, 1.165) is 25.4 Å². The Morgan fingerprint density at radius 2 is 1.84 bits per heavy atom. The maximum atomic E-state index is 13.5. The van der Waals surface area contributed by atoms with E-state index in [1.54, 1.807) is 11.8 Å². The molecule has 0 spiro atoms. The molecule has 2 atom stereocenters. The van der Waals surface area contributed by atoms with Gasteiger partial charge >= 0.3 is 0 Å². The molecular formula is C24H18N2O3S2. The van der Waals surface area contributed by atoms with Gasteiger partial charge in [0.15, 0.2) is 0 Å². The van der Waals surface area contributed by atoms with Crippen LogP contribution in [0.2, 0.25) is 0 Å². The summed E-state index contributed by atoms with van der Waals surface area (Å²) in [4.78, 5) is 29.8.